The summed E-state index contributed by atoms with van der Waals surface area (Å²) < 4.78 is 0. The van der Waals surface area contributed by atoms with Crippen LogP contribution in [0.1, 0.15) is 20.8 Å². The molecule has 0 fully saturated rings. The second-order valence-electron chi connectivity index (χ2n) is 2.14. The van der Waals surface area contributed by atoms with Gasteiger partial charge in [-0.1, -0.05) is 13.8 Å². The van der Waals surface area contributed by atoms with Gasteiger partial charge in [-0.2, -0.15) is 0 Å². The van der Waals surface area contributed by atoms with Gasteiger partial charge in [-0.25, -0.2) is 10.9 Å². The highest BCUT2D eigenvalue weighted by atomic mass is 32.2. The predicted molar refractivity (Wildman–Crippen MR) is 42.9 cm³/mol. The third-order valence-corrected chi connectivity index (χ3v) is 4.09. The zero-order valence-electron chi connectivity index (χ0n) is 6.26. The smallest absolute Gasteiger partial charge is 0.191 e. The molecule has 0 rings (SSSR count). The fourth-order valence-corrected chi connectivity index (χ4v) is 2.47. The molecule has 0 amide bonds. The molecule has 0 spiro atoms. The van der Waals surface area contributed by atoms with Crippen molar-refractivity contribution in [3.8, 4) is 0 Å². The van der Waals surface area contributed by atoms with Gasteiger partial charge in [0.1, 0.15) is 0 Å². The van der Waals surface area contributed by atoms with Crippen LogP contribution in [-0.4, -0.2) is 26.8 Å². The van der Waals surface area contributed by atoms with Gasteiger partial charge in [0.25, 0.3) is 0 Å². The third-order valence-electron chi connectivity index (χ3n) is 1.36. The SMILES string of the molecule is CC[SH](CC)C(C)(O)O. The molecule has 0 saturated carbocycles. The van der Waals surface area contributed by atoms with E-state index >= 15 is 0 Å². The highest BCUT2D eigenvalue weighted by Gasteiger charge is 2.21. The van der Waals surface area contributed by atoms with Gasteiger partial charge in [-0.15, -0.1) is 0 Å². The molecule has 3 heteroatoms. The van der Waals surface area contributed by atoms with Crippen LogP contribution in [0.2, 0.25) is 0 Å². The topological polar surface area (TPSA) is 40.5 Å². The van der Waals surface area contributed by atoms with E-state index in [1.165, 1.54) is 6.92 Å². The van der Waals surface area contributed by atoms with Crippen LogP contribution in [0.5, 0.6) is 0 Å². The molecule has 0 radical (unpaired) electrons. The van der Waals surface area contributed by atoms with Crippen molar-refractivity contribution in [3.05, 3.63) is 0 Å². The first kappa shape index (κ1) is 9.27. The summed E-state index contributed by atoms with van der Waals surface area (Å²) in [5.74, 6) is 1.77. The molecule has 9 heavy (non-hydrogen) atoms. The van der Waals surface area contributed by atoms with Crippen molar-refractivity contribution in [3.63, 3.8) is 0 Å². The minimum absolute atomic E-state index is 0.586. The molecule has 58 valence electrons. The van der Waals surface area contributed by atoms with Crippen molar-refractivity contribution in [2.24, 2.45) is 0 Å². The van der Waals surface area contributed by atoms with E-state index < -0.39 is 16.0 Å². The first-order chi connectivity index (χ1) is 4.02. The van der Waals surface area contributed by atoms with Crippen LogP contribution in [0.25, 0.3) is 0 Å². The molecule has 0 heterocycles. The van der Waals surface area contributed by atoms with Crippen molar-refractivity contribution in [2.75, 3.05) is 11.5 Å². The van der Waals surface area contributed by atoms with Crippen LogP contribution in [0.15, 0.2) is 0 Å². The van der Waals surface area contributed by atoms with Gasteiger partial charge >= 0.3 is 0 Å². The standard InChI is InChI=1S/C6H16O2S/c1-4-9(5-2)6(3,7)8/h7-9H,4-5H2,1-3H3. The van der Waals surface area contributed by atoms with Gasteiger partial charge < -0.3 is 10.2 Å². The average molecular weight is 152 g/mol. The Morgan fingerprint density at radius 2 is 1.56 bits per heavy atom. The molecular formula is C6H16O2S. The zero-order chi connectivity index (χ0) is 7.49. The highest BCUT2D eigenvalue weighted by Crippen LogP contribution is 2.35. The Hall–Kier alpha value is 0.270. The maximum Gasteiger partial charge on any atom is 0.191 e. The molecule has 0 aromatic carbocycles. The summed E-state index contributed by atoms with van der Waals surface area (Å²) >= 11 is 0. The van der Waals surface area contributed by atoms with E-state index in [-0.39, 0.29) is 0 Å². The monoisotopic (exact) mass is 152 g/mol. The normalized spacial score (nSPS) is 13.7. The van der Waals surface area contributed by atoms with Gasteiger partial charge in [0, 0.05) is 0 Å². The number of thiol groups is 1. The summed E-state index contributed by atoms with van der Waals surface area (Å²) in [6, 6.07) is 0. The predicted octanol–water partition coefficient (Wildman–Crippen LogP) is 0.686. The maximum atomic E-state index is 9.06. The first-order valence-corrected chi connectivity index (χ1v) is 4.93. The van der Waals surface area contributed by atoms with Gasteiger partial charge in [-0.05, 0) is 18.4 Å². The molecule has 0 saturated heterocycles. The van der Waals surface area contributed by atoms with Crippen LogP contribution in [0.3, 0.4) is 0 Å². The largest absolute Gasteiger partial charge is 0.359 e. The second kappa shape index (κ2) is 3.44. The minimum atomic E-state index is -1.42. The van der Waals surface area contributed by atoms with Gasteiger partial charge in [0.05, 0.1) is 0 Å². The van der Waals surface area contributed by atoms with Crippen molar-refractivity contribution < 1.29 is 10.2 Å². The van der Waals surface area contributed by atoms with Gasteiger partial charge in [0.15, 0.2) is 5.12 Å². The summed E-state index contributed by atoms with van der Waals surface area (Å²) in [5.41, 5.74) is 0. The fraction of sp³-hybridized carbons (Fsp3) is 1.00. The second-order valence-corrected chi connectivity index (χ2v) is 5.33. The minimum Gasteiger partial charge on any atom is -0.359 e. The van der Waals surface area contributed by atoms with Crippen molar-refractivity contribution in [1.82, 2.24) is 0 Å². The summed E-state index contributed by atoms with van der Waals surface area (Å²) in [7, 11) is -0.586. The van der Waals surface area contributed by atoms with Gasteiger partial charge in [0.2, 0.25) is 0 Å². The van der Waals surface area contributed by atoms with Gasteiger partial charge in [-0.3, -0.25) is 0 Å². The Kier molecular flexibility index (Phi) is 3.54. The van der Waals surface area contributed by atoms with E-state index in [2.05, 4.69) is 0 Å². The van der Waals surface area contributed by atoms with E-state index in [1.807, 2.05) is 13.8 Å². The Bertz CT molecular complexity index is 73.6. The zero-order valence-corrected chi connectivity index (χ0v) is 7.15. The van der Waals surface area contributed by atoms with Crippen LogP contribution < -0.4 is 0 Å². The van der Waals surface area contributed by atoms with Crippen LogP contribution >= 0.6 is 10.9 Å². The Morgan fingerprint density at radius 3 is 1.56 bits per heavy atom. The van der Waals surface area contributed by atoms with E-state index in [4.69, 9.17) is 10.2 Å². The first-order valence-electron chi connectivity index (χ1n) is 3.22. The average Bonchev–Trinajstić information content (AvgIpc) is 1.65. The van der Waals surface area contributed by atoms with Crippen molar-refractivity contribution >= 4 is 10.9 Å². The molecule has 0 aromatic rings. The summed E-state index contributed by atoms with van der Waals surface area (Å²) in [5, 5.41) is 16.7. The Balaban J connectivity index is 3.79. The number of hydrogen-bond acceptors (Lipinski definition) is 2. The fourth-order valence-electron chi connectivity index (χ4n) is 0.823. The lowest BCUT2D eigenvalue weighted by Crippen LogP contribution is -2.25. The number of rotatable bonds is 3. The maximum absolute atomic E-state index is 9.06. The van der Waals surface area contributed by atoms with Crippen LogP contribution in [-0.2, 0) is 0 Å². The van der Waals surface area contributed by atoms with Crippen molar-refractivity contribution in [1.29, 1.82) is 0 Å². The summed E-state index contributed by atoms with van der Waals surface area (Å²) in [6.45, 7) is 5.44. The molecule has 0 unspecified atom stereocenters. The molecule has 0 bridgehead atoms. The van der Waals surface area contributed by atoms with E-state index in [9.17, 15) is 0 Å². The molecule has 0 aliphatic rings. The number of aliphatic hydroxyl groups is 2. The molecule has 0 aliphatic heterocycles. The Labute approximate surface area is 59.2 Å². The highest BCUT2D eigenvalue weighted by molar-refractivity contribution is 8.17. The molecular weight excluding hydrogens is 136 g/mol. The molecule has 0 aliphatic carbocycles. The Morgan fingerprint density at radius 1 is 1.22 bits per heavy atom. The molecule has 0 atom stereocenters. The number of hydrogen-bond donors (Lipinski definition) is 3. The molecule has 2 nitrogen and oxygen atoms in total. The summed E-state index contributed by atoms with van der Waals surface area (Å²) in [6.07, 6.45) is 0. The lowest BCUT2D eigenvalue weighted by molar-refractivity contribution is -0.0610. The van der Waals surface area contributed by atoms with Crippen molar-refractivity contribution in [2.45, 2.75) is 25.9 Å². The summed E-state index contributed by atoms with van der Waals surface area (Å²) in [4.78, 5) is 0. The van der Waals surface area contributed by atoms with Crippen LogP contribution in [0.4, 0.5) is 0 Å². The van der Waals surface area contributed by atoms with E-state index in [0.717, 1.165) is 11.5 Å². The van der Waals surface area contributed by atoms with Crippen LogP contribution in [0, 0.1) is 0 Å². The lowest BCUT2D eigenvalue weighted by Gasteiger charge is -2.29. The third kappa shape index (κ3) is 3.08. The van der Waals surface area contributed by atoms with E-state index in [0.29, 0.717) is 0 Å². The van der Waals surface area contributed by atoms with E-state index in [1.54, 1.807) is 0 Å². The lowest BCUT2D eigenvalue weighted by atomic mass is 10.8. The quantitative estimate of drug-likeness (QED) is 0.411. The molecule has 2 N–H and O–H groups in total. The molecule has 0 aromatic heterocycles.